The van der Waals surface area contributed by atoms with E-state index in [0.717, 1.165) is 18.2 Å². The van der Waals surface area contributed by atoms with E-state index in [9.17, 15) is 14.4 Å². The lowest BCUT2D eigenvalue weighted by atomic mass is 9.98. The first-order valence-corrected chi connectivity index (χ1v) is 11.1. The van der Waals surface area contributed by atoms with Gasteiger partial charge in [0.1, 0.15) is 0 Å². The predicted molar refractivity (Wildman–Crippen MR) is 124 cm³/mol. The molecule has 0 bridgehead atoms. The molecule has 3 amide bonds. The van der Waals surface area contributed by atoms with Crippen LogP contribution < -0.4 is 16.6 Å². The summed E-state index contributed by atoms with van der Waals surface area (Å²) in [5, 5.41) is 2.50. The number of thioether (sulfide) groups is 1. The second kappa shape index (κ2) is 9.53. The van der Waals surface area contributed by atoms with E-state index in [4.69, 9.17) is 17.3 Å². The standard InChI is InChI=1S/C22H23ClN4O3S/c1-4-12(2)14-5-8-16(9-6-14)27-20(29)17-10-7-15(23)11-18(17)25-22(27)31-13(3)19(28)26-21(24)30/h5-13H,4H2,1-3H3,(H3,24,26,28,30)/t12-,13+/m0/s1. The summed E-state index contributed by atoms with van der Waals surface area (Å²) in [6.07, 6.45) is 1.01. The molecule has 0 unspecified atom stereocenters. The summed E-state index contributed by atoms with van der Waals surface area (Å²) in [6.45, 7) is 5.87. The van der Waals surface area contributed by atoms with Crippen LogP contribution in [0.2, 0.25) is 5.02 Å². The Morgan fingerprint density at radius 3 is 2.48 bits per heavy atom. The van der Waals surface area contributed by atoms with Gasteiger partial charge in [0.15, 0.2) is 5.16 Å². The zero-order chi connectivity index (χ0) is 22.7. The molecule has 31 heavy (non-hydrogen) atoms. The molecule has 162 valence electrons. The van der Waals surface area contributed by atoms with Crippen LogP contribution in [0.1, 0.15) is 38.7 Å². The van der Waals surface area contributed by atoms with E-state index in [1.165, 1.54) is 10.1 Å². The Bertz CT molecular complexity index is 1190. The van der Waals surface area contributed by atoms with Crippen LogP contribution in [0.3, 0.4) is 0 Å². The molecule has 0 saturated heterocycles. The van der Waals surface area contributed by atoms with Crippen molar-refractivity contribution in [2.75, 3.05) is 0 Å². The van der Waals surface area contributed by atoms with Gasteiger partial charge in [-0.3, -0.25) is 19.5 Å². The molecule has 0 spiro atoms. The van der Waals surface area contributed by atoms with Gasteiger partial charge in [-0.15, -0.1) is 0 Å². The van der Waals surface area contributed by atoms with Gasteiger partial charge in [0, 0.05) is 5.02 Å². The maximum atomic E-state index is 13.4. The summed E-state index contributed by atoms with van der Waals surface area (Å²) in [5.41, 5.74) is 7.00. The number of nitrogens with two attached hydrogens (primary N) is 1. The normalized spacial score (nSPS) is 13.0. The number of fused-ring (bicyclic) bond motifs is 1. The van der Waals surface area contributed by atoms with Gasteiger partial charge in [-0.05, 0) is 55.2 Å². The molecule has 0 aliphatic heterocycles. The molecule has 9 heteroatoms. The molecule has 0 radical (unpaired) electrons. The highest BCUT2D eigenvalue weighted by atomic mass is 35.5. The minimum atomic E-state index is -0.936. The second-order valence-corrected chi connectivity index (χ2v) is 8.96. The smallest absolute Gasteiger partial charge is 0.318 e. The van der Waals surface area contributed by atoms with Crippen molar-refractivity contribution in [1.29, 1.82) is 0 Å². The van der Waals surface area contributed by atoms with Crippen LogP contribution in [0.4, 0.5) is 4.79 Å². The molecule has 0 saturated carbocycles. The number of halogens is 1. The van der Waals surface area contributed by atoms with E-state index in [-0.39, 0.29) is 5.56 Å². The van der Waals surface area contributed by atoms with Gasteiger partial charge in [-0.2, -0.15) is 0 Å². The maximum absolute atomic E-state index is 13.4. The van der Waals surface area contributed by atoms with E-state index < -0.39 is 17.2 Å². The summed E-state index contributed by atoms with van der Waals surface area (Å²) in [7, 11) is 0. The first-order valence-electron chi connectivity index (χ1n) is 9.80. The number of nitrogens with one attached hydrogen (secondary N) is 1. The Hall–Kier alpha value is -2.84. The second-order valence-electron chi connectivity index (χ2n) is 7.21. The van der Waals surface area contributed by atoms with Gasteiger partial charge in [0.2, 0.25) is 5.91 Å². The highest BCUT2D eigenvalue weighted by Gasteiger charge is 2.21. The number of aromatic nitrogens is 2. The Kier molecular flexibility index (Phi) is 7.02. The molecule has 3 N–H and O–H groups in total. The fourth-order valence-corrected chi connectivity index (χ4v) is 4.16. The number of hydrogen-bond acceptors (Lipinski definition) is 5. The fraction of sp³-hybridized carbons (Fsp3) is 0.273. The van der Waals surface area contributed by atoms with E-state index >= 15 is 0 Å². The summed E-state index contributed by atoms with van der Waals surface area (Å²) in [5.74, 6) is -0.175. The molecular formula is C22H23ClN4O3S. The lowest BCUT2D eigenvalue weighted by molar-refractivity contribution is -0.119. The Labute approximate surface area is 189 Å². The fourth-order valence-electron chi connectivity index (χ4n) is 3.07. The molecule has 2 atom stereocenters. The Morgan fingerprint density at radius 1 is 1.19 bits per heavy atom. The van der Waals surface area contributed by atoms with Crippen molar-refractivity contribution in [2.24, 2.45) is 5.73 Å². The van der Waals surface area contributed by atoms with E-state index in [2.05, 4.69) is 24.1 Å². The quantitative estimate of drug-likeness (QED) is 0.424. The van der Waals surface area contributed by atoms with Crippen LogP contribution >= 0.6 is 23.4 Å². The number of hydrogen-bond donors (Lipinski definition) is 2. The van der Waals surface area contributed by atoms with Crippen LogP contribution in [0, 0.1) is 0 Å². The Morgan fingerprint density at radius 2 is 1.87 bits per heavy atom. The van der Waals surface area contributed by atoms with Crippen LogP contribution in [-0.4, -0.2) is 26.7 Å². The minimum Gasteiger partial charge on any atom is -0.351 e. The zero-order valence-electron chi connectivity index (χ0n) is 17.4. The molecule has 1 aromatic heterocycles. The third-order valence-corrected chi connectivity index (χ3v) is 6.32. The Balaban J connectivity index is 2.13. The zero-order valence-corrected chi connectivity index (χ0v) is 19.0. The number of primary amides is 1. The summed E-state index contributed by atoms with van der Waals surface area (Å²) >= 11 is 7.14. The molecule has 1 heterocycles. The molecule has 2 aromatic carbocycles. The average Bonchev–Trinajstić information content (AvgIpc) is 2.72. The summed E-state index contributed by atoms with van der Waals surface area (Å²) < 4.78 is 1.47. The molecule has 0 aliphatic rings. The monoisotopic (exact) mass is 458 g/mol. The molecule has 0 fully saturated rings. The number of carbonyl (C=O) groups excluding carboxylic acids is 2. The summed E-state index contributed by atoms with van der Waals surface area (Å²) in [4.78, 5) is 41.2. The number of rotatable bonds is 6. The maximum Gasteiger partial charge on any atom is 0.318 e. The van der Waals surface area contributed by atoms with Crippen molar-refractivity contribution < 1.29 is 9.59 Å². The topological polar surface area (TPSA) is 107 Å². The van der Waals surface area contributed by atoms with Crippen LogP contribution in [0.25, 0.3) is 16.6 Å². The highest BCUT2D eigenvalue weighted by molar-refractivity contribution is 8.00. The van der Waals surface area contributed by atoms with Crippen LogP contribution in [0.15, 0.2) is 52.4 Å². The van der Waals surface area contributed by atoms with Gasteiger partial charge in [-0.25, -0.2) is 9.78 Å². The summed E-state index contributed by atoms with van der Waals surface area (Å²) in [6, 6.07) is 11.6. The van der Waals surface area contributed by atoms with Crippen molar-refractivity contribution in [1.82, 2.24) is 14.9 Å². The minimum absolute atomic E-state index is 0.275. The molecule has 3 aromatic rings. The van der Waals surface area contributed by atoms with Crippen LogP contribution in [0.5, 0.6) is 0 Å². The first kappa shape index (κ1) is 22.8. The SMILES string of the molecule is CC[C@H](C)c1ccc(-n2c(S[C@H](C)C(=O)NC(N)=O)nc3cc(Cl)ccc3c2=O)cc1. The lowest BCUT2D eigenvalue weighted by Gasteiger charge is -2.17. The van der Waals surface area contributed by atoms with E-state index in [1.807, 2.05) is 24.3 Å². The number of benzene rings is 2. The molecule has 7 nitrogen and oxygen atoms in total. The van der Waals surface area contributed by atoms with Crippen molar-refractivity contribution in [3.05, 3.63) is 63.4 Å². The predicted octanol–water partition coefficient (Wildman–Crippen LogP) is 4.23. The third-order valence-electron chi connectivity index (χ3n) is 5.03. The molecular weight excluding hydrogens is 436 g/mol. The van der Waals surface area contributed by atoms with Gasteiger partial charge in [-0.1, -0.05) is 49.3 Å². The van der Waals surface area contributed by atoms with E-state index in [0.29, 0.717) is 32.7 Å². The number of carbonyl (C=O) groups is 2. The highest BCUT2D eigenvalue weighted by Crippen LogP contribution is 2.27. The van der Waals surface area contributed by atoms with Crippen molar-refractivity contribution >= 4 is 46.2 Å². The molecule has 0 aliphatic carbocycles. The van der Waals surface area contributed by atoms with Gasteiger partial charge >= 0.3 is 6.03 Å². The van der Waals surface area contributed by atoms with Crippen molar-refractivity contribution in [3.63, 3.8) is 0 Å². The lowest BCUT2D eigenvalue weighted by Crippen LogP contribution is -2.39. The first-order chi connectivity index (χ1) is 14.7. The van der Waals surface area contributed by atoms with Crippen molar-refractivity contribution in [2.45, 2.75) is 43.5 Å². The third kappa shape index (κ3) is 5.08. The van der Waals surface area contributed by atoms with Gasteiger partial charge < -0.3 is 5.73 Å². The van der Waals surface area contributed by atoms with Gasteiger partial charge in [0.05, 0.1) is 21.8 Å². The average molecular weight is 459 g/mol. The number of imide groups is 1. The number of amides is 3. The largest absolute Gasteiger partial charge is 0.351 e. The number of urea groups is 1. The molecule has 3 rings (SSSR count). The number of nitrogens with zero attached hydrogens (tertiary/aromatic N) is 2. The van der Waals surface area contributed by atoms with Crippen molar-refractivity contribution in [3.8, 4) is 5.69 Å². The van der Waals surface area contributed by atoms with Crippen LogP contribution in [-0.2, 0) is 4.79 Å². The van der Waals surface area contributed by atoms with E-state index in [1.54, 1.807) is 25.1 Å². The van der Waals surface area contributed by atoms with Gasteiger partial charge in [0.25, 0.3) is 5.56 Å².